The van der Waals surface area contributed by atoms with Crippen molar-refractivity contribution in [1.29, 1.82) is 0 Å². The molecule has 0 unspecified atom stereocenters. The zero-order valence-corrected chi connectivity index (χ0v) is 12.6. The minimum Gasteiger partial charge on any atom is -0.351 e. The molecule has 0 aromatic carbocycles. The van der Waals surface area contributed by atoms with E-state index in [1.807, 2.05) is 0 Å². The third-order valence-electron chi connectivity index (χ3n) is 3.86. The van der Waals surface area contributed by atoms with Crippen LogP contribution in [0.25, 0.3) is 0 Å². The van der Waals surface area contributed by atoms with Crippen molar-refractivity contribution in [3.8, 4) is 0 Å². The van der Waals surface area contributed by atoms with Gasteiger partial charge in [0, 0.05) is 49.3 Å². The summed E-state index contributed by atoms with van der Waals surface area (Å²) in [5.74, 6) is -1.38. The minimum atomic E-state index is -2.66. The Morgan fingerprint density at radius 1 is 1.43 bits per heavy atom. The van der Waals surface area contributed by atoms with Gasteiger partial charge in [0.2, 0.25) is 5.91 Å². The van der Waals surface area contributed by atoms with Crippen LogP contribution in [0.3, 0.4) is 0 Å². The molecule has 0 N–H and O–H groups in total. The summed E-state index contributed by atoms with van der Waals surface area (Å²) in [6.07, 6.45) is 2.56. The van der Waals surface area contributed by atoms with Gasteiger partial charge in [-0.2, -0.15) is 0 Å². The van der Waals surface area contributed by atoms with Crippen molar-refractivity contribution in [3.05, 3.63) is 12.3 Å². The highest BCUT2D eigenvalue weighted by molar-refractivity contribution is 7.99. The van der Waals surface area contributed by atoms with E-state index in [0.717, 1.165) is 16.3 Å². The third kappa shape index (κ3) is 2.97. The van der Waals surface area contributed by atoms with Gasteiger partial charge in [0.15, 0.2) is 0 Å². The van der Waals surface area contributed by atoms with E-state index in [4.69, 9.17) is 0 Å². The SMILES string of the molecule is CN1C(=O)CCSc2cnc(N3CCCC(F)(F)C3)cc21. The van der Waals surface area contributed by atoms with Crippen molar-refractivity contribution in [2.24, 2.45) is 0 Å². The summed E-state index contributed by atoms with van der Waals surface area (Å²) in [4.78, 5) is 20.4. The number of thioether (sulfide) groups is 1. The Morgan fingerprint density at radius 2 is 2.24 bits per heavy atom. The largest absolute Gasteiger partial charge is 0.351 e. The molecule has 1 aromatic rings. The number of piperidine rings is 1. The summed E-state index contributed by atoms with van der Waals surface area (Å²) in [5, 5.41) is 0. The summed E-state index contributed by atoms with van der Waals surface area (Å²) < 4.78 is 27.1. The Bertz CT molecular complexity index is 567. The quantitative estimate of drug-likeness (QED) is 0.799. The van der Waals surface area contributed by atoms with Crippen LogP contribution in [0, 0.1) is 0 Å². The first-order chi connectivity index (χ1) is 9.96. The van der Waals surface area contributed by atoms with Crippen LogP contribution in [0.2, 0.25) is 0 Å². The van der Waals surface area contributed by atoms with E-state index in [2.05, 4.69) is 4.98 Å². The first kappa shape index (κ1) is 14.6. The Balaban J connectivity index is 1.91. The number of hydrogen-bond acceptors (Lipinski definition) is 4. The number of nitrogens with zero attached hydrogens (tertiary/aromatic N) is 3. The van der Waals surface area contributed by atoms with Crippen molar-refractivity contribution in [2.45, 2.75) is 30.1 Å². The maximum atomic E-state index is 13.5. The maximum absolute atomic E-state index is 13.5. The highest BCUT2D eigenvalue weighted by Gasteiger charge is 2.36. The Morgan fingerprint density at radius 3 is 3.00 bits per heavy atom. The molecule has 0 saturated carbocycles. The zero-order chi connectivity index (χ0) is 15.0. The van der Waals surface area contributed by atoms with E-state index in [1.54, 1.807) is 40.9 Å². The van der Waals surface area contributed by atoms with Crippen LogP contribution in [0.15, 0.2) is 17.2 Å². The Labute approximate surface area is 126 Å². The Kier molecular flexibility index (Phi) is 3.77. The number of fused-ring (bicyclic) bond motifs is 1. The van der Waals surface area contributed by atoms with Gasteiger partial charge in [-0.15, -0.1) is 11.8 Å². The lowest BCUT2D eigenvalue weighted by Gasteiger charge is -2.33. The second-order valence-corrected chi connectivity index (χ2v) is 6.58. The first-order valence-electron chi connectivity index (χ1n) is 6.98. The standard InChI is InChI=1S/C14H17F2N3OS/c1-18-10-7-12(19-5-2-4-14(15,16)9-19)17-8-11(10)21-6-3-13(18)20/h7-8H,2-6,9H2,1H3. The third-order valence-corrected chi connectivity index (χ3v) is 4.89. The molecule has 0 aliphatic carbocycles. The topological polar surface area (TPSA) is 36.4 Å². The summed E-state index contributed by atoms with van der Waals surface area (Å²) in [7, 11) is 1.72. The smallest absolute Gasteiger partial charge is 0.265 e. The number of hydrogen-bond donors (Lipinski definition) is 0. The molecule has 0 atom stereocenters. The number of carbonyl (C=O) groups is 1. The lowest BCUT2D eigenvalue weighted by molar-refractivity contribution is -0.117. The van der Waals surface area contributed by atoms with Gasteiger partial charge in [-0.05, 0) is 6.42 Å². The van der Waals surface area contributed by atoms with Crippen LogP contribution in [0.1, 0.15) is 19.3 Å². The molecule has 1 saturated heterocycles. The van der Waals surface area contributed by atoms with Crippen LogP contribution in [0.5, 0.6) is 0 Å². The van der Waals surface area contributed by atoms with E-state index < -0.39 is 5.92 Å². The Hall–Kier alpha value is -1.37. The van der Waals surface area contributed by atoms with Crippen LogP contribution in [0.4, 0.5) is 20.3 Å². The molecule has 0 spiro atoms. The number of pyridine rings is 1. The van der Waals surface area contributed by atoms with E-state index in [1.165, 1.54) is 0 Å². The fraction of sp³-hybridized carbons (Fsp3) is 0.571. The van der Waals surface area contributed by atoms with Crippen LogP contribution in [-0.2, 0) is 4.79 Å². The van der Waals surface area contributed by atoms with Gasteiger partial charge < -0.3 is 9.80 Å². The average Bonchev–Trinajstić information content (AvgIpc) is 2.58. The molecule has 114 valence electrons. The number of anilines is 2. The summed E-state index contributed by atoms with van der Waals surface area (Å²) >= 11 is 1.58. The summed E-state index contributed by atoms with van der Waals surface area (Å²) in [6, 6.07) is 1.76. The summed E-state index contributed by atoms with van der Waals surface area (Å²) in [5.41, 5.74) is 0.765. The van der Waals surface area contributed by atoms with Crippen molar-refractivity contribution < 1.29 is 13.6 Å². The zero-order valence-electron chi connectivity index (χ0n) is 11.8. The number of alkyl halides is 2. The van der Waals surface area contributed by atoms with Crippen LogP contribution < -0.4 is 9.80 Å². The molecule has 4 nitrogen and oxygen atoms in total. The van der Waals surface area contributed by atoms with Gasteiger partial charge in [0.25, 0.3) is 5.92 Å². The van der Waals surface area contributed by atoms with E-state index in [0.29, 0.717) is 25.2 Å². The summed E-state index contributed by atoms with van der Waals surface area (Å²) in [6.45, 7) is 0.274. The molecule has 21 heavy (non-hydrogen) atoms. The number of aromatic nitrogens is 1. The molecule has 2 aliphatic heterocycles. The predicted molar refractivity (Wildman–Crippen MR) is 79.4 cm³/mol. The molecule has 0 radical (unpaired) electrons. The minimum absolute atomic E-state index is 0.0439. The fourth-order valence-electron chi connectivity index (χ4n) is 2.68. The van der Waals surface area contributed by atoms with Gasteiger partial charge >= 0.3 is 0 Å². The van der Waals surface area contributed by atoms with Gasteiger partial charge in [0.05, 0.1) is 12.2 Å². The number of halogens is 2. The molecule has 7 heteroatoms. The first-order valence-corrected chi connectivity index (χ1v) is 7.97. The number of rotatable bonds is 1. The van der Waals surface area contributed by atoms with Crippen molar-refractivity contribution >= 4 is 29.2 Å². The average molecular weight is 313 g/mol. The highest BCUT2D eigenvalue weighted by Crippen LogP contribution is 2.36. The van der Waals surface area contributed by atoms with Gasteiger partial charge in [0.1, 0.15) is 5.82 Å². The monoisotopic (exact) mass is 313 g/mol. The second kappa shape index (κ2) is 5.44. The molecule has 2 aliphatic rings. The number of carbonyl (C=O) groups excluding carboxylic acids is 1. The van der Waals surface area contributed by atoms with Crippen molar-refractivity contribution in [2.75, 3.05) is 35.7 Å². The van der Waals surface area contributed by atoms with Gasteiger partial charge in [-0.3, -0.25) is 4.79 Å². The molecule has 1 aromatic heterocycles. The van der Waals surface area contributed by atoms with Crippen molar-refractivity contribution in [3.63, 3.8) is 0 Å². The maximum Gasteiger partial charge on any atom is 0.265 e. The van der Waals surface area contributed by atoms with Gasteiger partial charge in [-0.25, -0.2) is 13.8 Å². The molecule has 1 fully saturated rings. The molecule has 3 rings (SSSR count). The van der Waals surface area contributed by atoms with E-state index >= 15 is 0 Å². The van der Waals surface area contributed by atoms with Gasteiger partial charge in [-0.1, -0.05) is 0 Å². The van der Waals surface area contributed by atoms with Crippen LogP contribution in [-0.4, -0.2) is 42.7 Å². The molecule has 3 heterocycles. The van der Waals surface area contributed by atoms with E-state index in [-0.39, 0.29) is 18.9 Å². The lowest BCUT2D eigenvalue weighted by Crippen LogP contribution is -2.43. The van der Waals surface area contributed by atoms with Crippen molar-refractivity contribution in [1.82, 2.24) is 4.98 Å². The molecule has 1 amide bonds. The predicted octanol–water partition coefficient (Wildman–Crippen LogP) is 2.78. The fourth-order valence-corrected chi connectivity index (χ4v) is 3.65. The molecular formula is C14H17F2N3OS. The molecular weight excluding hydrogens is 296 g/mol. The normalized spacial score (nSPS) is 22.0. The molecule has 0 bridgehead atoms. The number of amides is 1. The van der Waals surface area contributed by atoms with E-state index in [9.17, 15) is 13.6 Å². The highest BCUT2D eigenvalue weighted by atomic mass is 32.2. The lowest BCUT2D eigenvalue weighted by atomic mass is 10.1. The van der Waals surface area contributed by atoms with Crippen LogP contribution >= 0.6 is 11.8 Å². The second-order valence-electron chi connectivity index (χ2n) is 5.44.